The Balaban J connectivity index is 2.06. The molecule has 76 valence electrons. The van der Waals surface area contributed by atoms with Crippen LogP contribution >= 0.6 is 0 Å². The van der Waals surface area contributed by atoms with E-state index in [9.17, 15) is 10.2 Å². The van der Waals surface area contributed by atoms with Crippen molar-refractivity contribution in [2.24, 2.45) is 5.92 Å². The molecule has 0 bridgehead atoms. The van der Waals surface area contributed by atoms with Gasteiger partial charge < -0.3 is 20.6 Å². The summed E-state index contributed by atoms with van der Waals surface area (Å²) in [4.78, 5) is 0. The minimum atomic E-state index is -0.678. The van der Waals surface area contributed by atoms with Crippen LogP contribution in [-0.4, -0.2) is 46.2 Å². The van der Waals surface area contributed by atoms with E-state index >= 15 is 0 Å². The largest absolute Gasteiger partial charge is 0.396 e. The third-order valence-electron chi connectivity index (χ3n) is 3.41. The SMILES string of the molecule is OCC[C@H]1[C@@H](O)[C@H](O)CNC12CC2. The van der Waals surface area contributed by atoms with E-state index in [0.29, 0.717) is 13.0 Å². The standard InChI is InChI=1S/C9H17NO3/c11-4-1-6-8(13)7(12)5-10-9(6)2-3-9/h6-8,10-13H,1-5H2/t6-,7+,8+/m0/s1. The first-order valence-electron chi connectivity index (χ1n) is 4.92. The van der Waals surface area contributed by atoms with Crippen molar-refractivity contribution < 1.29 is 15.3 Å². The zero-order chi connectivity index (χ0) is 9.47. The lowest BCUT2D eigenvalue weighted by molar-refractivity contribution is -0.0631. The van der Waals surface area contributed by atoms with Crippen LogP contribution in [0.2, 0.25) is 0 Å². The lowest BCUT2D eigenvalue weighted by Gasteiger charge is -2.39. The summed E-state index contributed by atoms with van der Waals surface area (Å²) in [5.74, 6) is 0.0150. The smallest absolute Gasteiger partial charge is 0.0926 e. The molecule has 4 heteroatoms. The molecule has 0 aromatic rings. The first-order valence-corrected chi connectivity index (χ1v) is 4.92. The van der Waals surface area contributed by atoms with Crippen LogP contribution < -0.4 is 5.32 Å². The van der Waals surface area contributed by atoms with Crippen LogP contribution in [0.15, 0.2) is 0 Å². The van der Waals surface area contributed by atoms with E-state index in [4.69, 9.17) is 5.11 Å². The molecule has 1 aliphatic carbocycles. The highest BCUT2D eigenvalue weighted by molar-refractivity contribution is 5.12. The van der Waals surface area contributed by atoms with Crippen LogP contribution in [0.5, 0.6) is 0 Å². The van der Waals surface area contributed by atoms with Gasteiger partial charge in [-0.15, -0.1) is 0 Å². The molecule has 1 aliphatic heterocycles. The van der Waals surface area contributed by atoms with Gasteiger partial charge in [-0.3, -0.25) is 0 Å². The Morgan fingerprint density at radius 1 is 1.31 bits per heavy atom. The second-order valence-electron chi connectivity index (χ2n) is 4.21. The number of nitrogens with one attached hydrogen (secondary N) is 1. The summed E-state index contributed by atoms with van der Waals surface area (Å²) in [6.07, 6.45) is 1.34. The molecule has 3 atom stereocenters. The Morgan fingerprint density at radius 2 is 2.00 bits per heavy atom. The highest BCUT2D eigenvalue weighted by atomic mass is 16.3. The van der Waals surface area contributed by atoms with Crippen molar-refractivity contribution in [1.82, 2.24) is 5.32 Å². The molecule has 0 aromatic heterocycles. The van der Waals surface area contributed by atoms with Gasteiger partial charge in [-0.2, -0.15) is 0 Å². The maximum atomic E-state index is 9.74. The molecule has 1 heterocycles. The zero-order valence-electron chi connectivity index (χ0n) is 7.61. The molecule has 0 amide bonds. The van der Waals surface area contributed by atoms with Crippen LogP contribution in [-0.2, 0) is 0 Å². The molecule has 2 fully saturated rings. The summed E-state index contributed by atoms with van der Waals surface area (Å²) in [5.41, 5.74) is 0.0291. The lowest BCUT2D eigenvalue weighted by Crippen LogP contribution is -2.58. The molecule has 4 nitrogen and oxygen atoms in total. The minimum Gasteiger partial charge on any atom is -0.396 e. The number of piperidine rings is 1. The molecule has 4 N–H and O–H groups in total. The fourth-order valence-corrected chi connectivity index (χ4v) is 2.42. The van der Waals surface area contributed by atoms with E-state index in [1.165, 1.54) is 0 Å². The quantitative estimate of drug-likeness (QED) is 0.440. The summed E-state index contributed by atoms with van der Waals surface area (Å²) in [6, 6.07) is 0. The molecular weight excluding hydrogens is 170 g/mol. The topological polar surface area (TPSA) is 72.7 Å². The van der Waals surface area contributed by atoms with Gasteiger partial charge in [-0.25, -0.2) is 0 Å². The Labute approximate surface area is 77.6 Å². The van der Waals surface area contributed by atoms with Crippen molar-refractivity contribution >= 4 is 0 Å². The van der Waals surface area contributed by atoms with E-state index in [2.05, 4.69) is 5.32 Å². The Morgan fingerprint density at radius 3 is 2.54 bits per heavy atom. The third-order valence-corrected chi connectivity index (χ3v) is 3.41. The van der Waals surface area contributed by atoms with Gasteiger partial charge in [0.1, 0.15) is 0 Å². The minimum absolute atomic E-state index is 0.0150. The van der Waals surface area contributed by atoms with Crippen LogP contribution in [0.4, 0.5) is 0 Å². The molecule has 1 saturated heterocycles. The predicted molar refractivity (Wildman–Crippen MR) is 47.2 cm³/mol. The number of hydrogen-bond acceptors (Lipinski definition) is 4. The van der Waals surface area contributed by atoms with Gasteiger partial charge >= 0.3 is 0 Å². The summed E-state index contributed by atoms with van der Waals surface area (Å²) in [5, 5.41) is 31.3. The molecular formula is C9H17NO3. The van der Waals surface area contributed by atoms with Gasteiger partial charge in [-0.05, 0) is 19.3 Å². The normalized spacial score (nSPS) is 42.2. The van der Waals surface area contributed by atoms with E-state index in [1.807, 2.05) is 0 Å². The van der Waals surface area contributed by atoms with Crippen molar-refractivity contribution in [1.29, 1.82) is 0 Å². The summed E-state index contributed by atoms with van der Waals surface area (Å²) in [7, 11) is 0. The van der Waals surface area contributed by atoms with Crippen LogP contribution in [0.25, 0.3) is 0 Å². The maximum Gasteiger partial charge on any atom is 0.0926 e. The van der Waals surface area contributed by atoms with Crippen molar-refractivity contribution in [3.8, 4) is 0 Å². The summed E-state index contributed by atoms with van der Waals surface area (Å²) in [6.45, 7) is 0.557. The van der Waals surface area contributed by atoms with E-state index in [1.54, 1.807) is 0 Å². The molecule has 2 aliphatic rings. The van der Waals surface area contributed by atoms with Gasteiger partial charge in [0, 0.05) is 24.6 Å². The van der Waals surface area contributed by atoms with Gasteiger partial charge in [-0.1, -0.05) is 0 Å². The molecule has 1 saturated carbocycles. The number of β-amino-alcohol motifs (C(OH)–C–C–N with tert-alkyl or cyclic N) is 1. The van der Waals surface area contributed by atoms with Crippen molar-refractivity contribution in [2.75, 3.05) is 13.2 Å². The molecule has 0 aromatic carbocycles. The Bertz CT molecular complexity index is 193. The van der Waals surface area contributed by atoms with Crippen LogP contribution in [0, 0.1) is 5.92 Å². The summed E-state index contributed by atoms with van der Waals surface area (Å²) < 4.78 is 0. The summed E-state index contributed by atoms with van der Waals surface area (Å²) >= 11 is 0. The molecule has 13 heavy (non-hydrogen) atoms. The van der Waals surface area contributed by atoms with Gasteiger partial charge in [0.05, 0.1) is 12.2 Å². The third kappa shape index (κ3) is 1.48. The number of rotatable bonds is 2. The number of hydrogen-bond donors (Lipinski definition) is 4. The zero-order valence-corrected chi connectivity index (χ0v) is 7.61. The van der Waals surface area contributed by atoms with Crippen LogP contribution in [0.1, 0.15) is 19.3 Å². The first kappa shape index (κ1) is 9.40. The van der Waals surface area contributed by atoms with Gasteiger partial charge in [0.15, 0.2) is 0 Å². The van der Waals surface area contributed by atoms with Gasteiger partial charge in [0.25, 0.3) is 0 Å². The average Bonchev–Trinajstić information content (AvgIpc) is 2.88. The molecule has 2 rings (SSSR count). The molecule has 0 unspecified atom stereocenters. The highest BCUT2D eigenvalue weighted by Gasteiger charge is 2.55. The van der Waals surface area contributed by atoms with Crippen LogP contribution in [0.3, 0.4) is 0 Å². The van der Waals surface area contributed by atoms with E-state index in [-0.39, 0.29) is 18.1 Å². The first-order chi connectivity index (χ1) is 6.19. The van der Waals surface area contributed by atoms with Crippen molar-refractivity contribution in [2.45, 2.75) is 37.0 Å². The molecule has 0 radical (unpaired) electrons. The highest BCUT2D eigenvalue weighted by Crippen LogP contribution is 2.47. The number of aliphatic hydroxyl groups excluding tert-OH is 3. The molecule has 1 spiro atoms. The van der Waals surface area contributed by atoms with Gasteiger partial charge in [0.2, 0.25) is 0 Å². The Hall–Kier alpha value is -0.160. The average molecular weight is 187 g/mol. The van der Waals surface area contributed by atoms with Crippen molar-refractivity contribution in [3.63, 3.8) is 0 Å². The second-order valence-corrected chi connectivity index (χ2v) is 4.21. The fourth-order valence-electron chi connectivity index (χ4n) is 2.42. The predicted octanol–water partition coefficient (Wildman–Crippen LogP) is -1.16. The monoisotopic (exact) mass is 187 g/mol. The van der Waals surface area contributed by atoms with Crippen molar-refractivity contribution in [3.05, 3.63) is 0 Å². The second kappa shape index (κ2) is 3.20. The van der Waals surface area contributed by atoms with E-state index in [0.717, 1.165) is 12.8 Å². The number of aliphatic hydroxyl groups is 3. The fraction of sp³-hybridized carbons (Fsp3) is 1.00. The maximum absolute atomic E-state index is 9.74. The Kier molecular flexibility index (Phi) is 2.32. The lowest BCUT2D eigenvalue weighted by atomic mass is 9.82. The van der Waals surface area contributed by atoms with E-state index < -0.39 is 12.2 Å².